The normalized spacial score (nSPS) is 15.1. The van der Waals surface area contributed by atoms with Crippen molar-refractivity contribution in [3.05, 3.63) is 34.5 Å². The second kappa shape index (κ2) is 5.23. The van der Waals surface area contributed by atoms with Gasteiger partial charge in [0.1, 0.15) is 17.4 Å². The van der Waals surface area contributed by atoms with Crippen molar-refractivity contribution in [2.45, 2.75) is 32.8 Å². The topological polar surface area (TPSA) is 33.4 Å². The molecule has 0 saturated heterocycles. The maximum Gasteiger partial charge on any atom is 0.148 e. The van der Waals surface area contributed by atoms with Crippen LogP contribution < -0.4 is 0 Å². The van der Waals surface area contributed by atoms with Crippen LogP contribution in [-0.2, 0) is 0 Å². The summed E-state index contributed by atoms with van der Waals surface area (Å²) in [6.45, 7) is 4.18. The van der Waals surface area contributed by atoms with Crippen molar-refractivity contribution >= 4 is 26.9 Å². The first kappa shape index (κ1) is 12.7. The van der Waals surface area contributed by atoms with Crippen molar-refractivity contribution < 1.29 is 9.52 Å². The molecule has 2 atom stereocenters. The Morgan fingerprint density at radius 2 is 2.18 bits per heavy atom. The highest BCUT2D eigenvalue weighted by Gasteiger charge is 2.20. The third kappa shape index (κ3) is 2.55. The second-order valence-corrected chi connectivity index (χ2v) is 5.37. The largest absolute Gasteiger partial charge is 0.457 e. The summed E-state index contributed by atoms with van der Waals surface area (Å²) in [6.07, 6.45) is 1.55. The molecular weight excluding hydrogens is 280 g/mol. The first-order valence-electron chi connectivity index (χ1n) is 5.99. The highest BCUT2D eigenvalue weighted by molar-refractivity contribution is 9.10. The minimum Gasteiger partial charge on any atom is -0.457 e. The standard InChI is InChI=1S/C14H17BrO2/c1-3-5-9(2)13(16)12-8-10-6-4-7-11(15)14(10)17-12/h4,6-9,13,16H,3,5H2,1-2H3. The van der Waals surface area contributed by atoms with Gasteiger partial charge in [-0.15, -0.1) is 0 Å². The molecule has 0 amide bonds. The Morgan fingerprint density at radius 1 is 1.41 bits per heavy atom. The van der Waals surface area contributed by atoms with Crippen LogP contribution in [0.2, 0.25) is 0 Å². The van der Waals surface area contributed by atoms with Gasteiger partial charge in [0.2, 0.25) is 0 Å². The number of aliphatic hydroxyl groups is 1. The molecular formula is C14H17BrO2. The van der Waals surface area contributed by atoms with Crippen molar-refractivity contribution in [1.29, 1.82) is 0 Å². The lowest BCUT2D eigenvalue weighted by molar-refractivity contribution is 0.0912. The molecule has 3 heteroatoms. The molecule has 0 aliphatic rings. The Labute approximate surface area is 110 Å². The lowest BCUT2D eigenvalue weighted by atomic mass is 9.97. The van der Waals surface area contributed by atoms with Crippen molar-refractivity contribution in [2.24, 2.45) is 5.92 Å². The van der Waals surface area contributed by atoms with Crippen LogP contribution in [0.25, 0.3) is 11.0 Å². The van der Waals surface area contributed by atoms with Crippen molar-refractivity contribution in [3.63, 3.8) is 0 Å². The number of para-hydroxylation sites is 1. The fraction of sp³-hybridized carbons (Fsp3) is 0.429. The zero-order chi connectivity index (χ0) is 12.4. The Morgan fingerprint density at radius 3 is 2.82 bits per heavy atom. The summed E-state index contributed by atoms with van der Waals surface area (Å²) in [5.41, 5.74) is 0.810. The molecule has 1 aromatic heterocycles. The molecule has 1 heterocycles. The fourth-order valence-corrected chi connectivity index (χ4v) is 2.55. The van der Waals surface area contributed by atoms with Crippen molar-refractivity contribution in [3.8, 4) is 0 Å². The van der Waals surface area contributed by atoms with E-state index in [4.69, 9.17) is 4.42 Å². The van der Waals surface area contributed by atoms with E-state index in [9.17, 15) is 5.11 Å². The number of hydrogen-bond acceptors (Lipinski definition) is 2. The van der Waals surface area contributed by atoms with E-state index in [0.717, 1.165) is 28.3 Å². The third-order valence-electron chi connectivity index (χ3n) is 3.09. The van der Waals surface area contributed by atoms with Crippen LogP contribution in [0.4, 0.5) is 0 Å². The van der Waals surface area contributed by atoms with Crippen LogP contribution >= 0.6 is 15.9 Å². The predicted molar refractivity (Wildman–Crippen MR) is 72.9 cm³/mol. The Balaban J connectivity index is 2.33. The van der Waals surface area contributed by atoms with Gasteiger partial charge in [-0.2, -0.15) is 0 Å². The van der Waals surface area contributed by atoms with Crippen LogP contribution in [0.15, 0.2) is 33.2 Å². The highest BCUT2D eigenvalue weighted by atomic mass is 79.9. The Hall–Kier alpha value is -0.800. The van der Waals surface area contributed by atoms with Gasteiger partial charge in [-0.25, -0.2) is 0 Å². The molecule has 1 aromatic carbocycles. The first-order valence-corrected chi connectivity index (χ1v) is 6.78. The summed E-state index contributed by atoms with van der Waals surface area (Å²) in [4.78, 5) is 0. The highest BCUT2D eigenvalue weighted by Crippen LogP contribution is 2.33. The summed E-state index contributed by atoms with van der Waals surface area (Å²) >= 11 is 3.45. The molecule has 0 saturated carbocycles. The van der Waals surface area contributed by atoms with Gasteiger partial charge in [0.15, 0.2) is 0 Å². The van der Waals surface area contributed by atoms with E-state index in [0.29, 0.717) is 5.76 Å². The lowest BCUT2D eigenvalue weighted by Gasteiger charge is -2.15. The average molecular weight is 297 g/mol. The second-order valence-electron chi connectivity index (χ2n) is 4.52. The number of aliphatic hydroxyl groups excluding tert-OH is 1. The molecule has 2 rings (SSSR count). The van der Waals surface area contributed by atoms with E-state index >= 15 is 0 Å². The molecule has 2 unspecified atom stereocenters. The van der Waals surface area contributed by atoms with E-state index in [1.807, 2.05) is 24.3 Å². The van der Waals surface area contributed by atoms with E-state index in [2.05, 4.69) is 29.8 Å². The van der Waals surface area contributed by atoms with Gasteiger partial charge in [-0.05, 0) is 40.4 Å². The quantitative estimate of drug-likeness (QED) is 0.890. The SMILES string of the molecule is CCCC(C)C(O)c1cc2cccc(Br)c2o1. The van der Waals surface area contributed by atoms with Gasteiger partial charge in [-0.1, -0.05) is 32.4 Å². The van der Waals surface area contributed by atoms with Crippen LogP contribution in [0.3, 0.4) is 0 Å². The number of furan rings is 1. The fourth-order valence-electron chi connectivity index (χ4n) is 2.09. The van der Waals surface area contributed by atoms with Gasteiger partial charge in [0.05, 0.1) is 4.47 Å². The van der Waals surface area contributed by atoms with Gasteiger partial charge in [0.25, 0.3) is 0 Å². The van der Waals surface area contributed by atoms with Gasteiger partial charge < -0.3 is 9.52 Å². The number of benzene rings is 1. The van der Waals surface area contributed by atoms with Crippen LogP contribution in [-0.4, -0.2) is 5.11 Å². The molecule has 0 spiro atoms. The summed E-state index contributed by atoms with van der Waals surface area (Å²) in [5, 5.41) is 11.2. The van der Waals surface area contributed by atoms with Gasteiger partial charge in [-0.3, -0.25) is 0 Å². The Kier molecular flexibility index (Phi) is 3.89. The average Bonchev–Trinajstić information content (AvgIpc) is 2.73. The smallest absolute Gasteiger partial charge is 0.148 e. The van der Waals surface area contributed by atoms with Crippen LogP contribution in [0, 0.1) is 5.92 Å². The molecule has 0 aliphatic carbocycles. The monoisotopic (exact) mass is 296 g/mol. The molecule has 92 valence electrons. The van der Waals surface area contributed by atoms with E-state index in [1.165, 1.54) is 0 Å². The maximum absolute atomic E-state index is 10.2. The van der Waals surface area contributed by atoms with Gasteiger partial charge in [0, 0.05) is 5.39 Å². The Bertz CT molecular complexity index is 504. The summed E-state index contributed by atoms with van der Waals surface area (Å²) < 4.78 is 6.66. The minimum absolute atomic E-state index is 0.222. The van der Waals surface area contributed by atoms with Crippen LogP contribution in [0.1, 0.15) is 38.6 Å². The third-order valence-corrected chi connectivity index (χ3v) is 3.71. The first-order chi connectivity index (χ1) is 8.13. The minimum atomic E-state index is -0.519. The molecule has 2 aromatic rings. The van der Waals surface area contributed by atoms with E-state index < -0.39 is 6.10 Å². The number of halogens is 1. The van der Waals surface area contributed by atoms with Crippen molar-refractivity contribution in [2.75, 3.05) is 0 Å². The molecule has 0 fully saturated rings. The lowest BCUT2D eigenvalue weighted by Crippen LogP contribution is -2.07. The summed E-state index contributed by atoms with van der Waals surface area (Å²) in [6, 6.07) is 7.83. The molecule has 17 heavy (non-hydrogen) atoms. The summed E-state index contributed by atoms with van der Waals surface area (Å²) in [5.74, 6) is 0.882. The molecule has 0 aliphatic heterocycles. The van der Waals surface area contributed by atoms with E-state index in [1.54, 1.807) is 0 Å². The predicted octanol–water partition coefficient (Wildman–Crippen LogP) is 4.66. The van der Waals surface area contributed by atoms with Crippen LogP contribution in [0.5, 0.6) is 0 Å². The zero-order valence-corrected chi connectivity index (χ0v) is 11.7. The molecule has 1 N–H and O–H groups in total. The van der Waals surface area contributed by atoms with Gasteiger partial charge >= 0.3 is 0 Å². The number of hydrogen-bond donors (Lipinski definition) is 1. The number of fused-ring (bicyclic) bond motifs is 1. The molecule has 0 bridgehead atoms. The molecule has 0 radical (unpaired) electrons. The van der Waals surface area contributed by atoms with E-state index in [-0.39, 0.29) is 5.92 Å². The summed E-state index contributed by atoms with van der Waals surface area (Å²) in [7, 11) is 0. The zero-order valence-electron chi connectivity index (χ0n) is 10.1. The molecule has 2 nitrogen and oxygen atoms in total. The van der Waals surface area contributed by atoms with Crippen molar-refractivity contribution in [1.82, 2.24) is 0 Å². The number of rotatable bonds is 4. The maximum atomic E-state index is 10.2.